The molecule has 1 aliphatic carbocycles. The van der Waals surface area contributed by atoms with Gasteiger partial charge >= 0.3 is 6.61 Å². The second kappa shape index (κ2) is 6.70. The summed E-state index contributed by atoms with van der Waals surface area (Å²) >= 11 is 5.88. The highest BCUT2D eigenvalue weighted by molar-refractivity contribution is 6.30. The van der Waals surface area contributed by atoms with Gasteiger partial charge in [-0.1, -0.05) is 11.6 Å². The molecule has 0 radical (unpaired) electrons. The van der Waals surface area contributed by atoms with Crippen LogP contribution in [0, 0.1) is 5.41 Å². The maximum absolute atomic E-state index is 12.3. The average Bonchev–Trinajstić information content (AvgIpc) is 3.12. The van der Waals surface area contributed by atoms with E-state index in [9.17, 15) is 8.78 Å². The lowest BCUT2D eigenvalue weighted by molar-refractivity contribution is -0.0505. The molecule has 0 aromatic heterocycles. The van der Waals surface area contributed by atoms with Crippen molar-refractivity contribution in [3.8, 4) is 5.75 Å². The van der Waals surface area contributed by atoms with Crippen molar-refractivity contribution in [1.82, 2.24) is 5.32 Å². The summed E-state index contributed by atoms with van der Waals surface area (Å²) in [5, 5.41) is 12.7. The lowest BCUT2D eigenvalue weighted by Gasteiger charge is -2.16. The van der Waals surface area contributed by atoms with Crippen LogP contribution in [0.2, 0.25) is 5.02 Å². The number of benzene rings is 1. The van der Waals surface area contributed by atoms with Gasteiger partial charge in [-0.25, -0.2) is 0 Å². The molecule has 0 heterocycles. The summed E-state index contributed by atoms with van der Waals surface area (Å²) in [4.78, 5) is 0. The van der Waals surface area contributed by atoms with Gasteiger partial charge in [0.05, 0.1) is 0 Å². The number of ether oxygens (including phenoxy) is 1. The Morgan fingerprint density at radius 3 is 2.75 bits per heavy atom. The van der Waals surface area contributed by atoms with Crippen molar-refractivity contribution >= 4 is 11.6 Å². The van der Waals surface area contributed by atoms with Gasteiger partial charge in [-0.3, -0.25) is 0 Å². The molecule has 6 heteroatoms. The topological polar surface area (TPSA) is 41.5 Å². The van der Waals surface area contributed by atoms with Gasteiger partial charge in [0.1, 0.15) is 5.75 Å². The summed E-state index contributed by atoms with van der Waals surface area (Å²) in [5.41, 5.74) is 0.787. The minimum Gasteiger partial charge on any atom is -0.434 e. The van der Waals surface area contributed by atoms with Crippen molar-refractivity contribution < 1.29 is 18.6 Å². The number of alkyl halides is 2. The van der Waals surface area contributed by atoms with Gasteiger partial charge in [0, 0.05) is 30.3 Å². The number of nitrogens with one attached hydrogen (secondary N) is 1. The molecule has 1 fully saturated rings. The largest absolute Gasteiger partial charge is 0.434 e. The van der Waals surface area contributed by atoms with Gasteiger partial charge in [0.15, 0.2) is 0 Å². The molecular weight excluding hydrogens is 288 g/mol. The van der Waals surface area contributed by atoms with Crippen molar-refractivity contribution in [2.45, 2.75) is 32.4 Å². The fraction of sp³-hybridized carbons (Fsp3) is 0.571. The first kappa shape index (κ1) is 15.5. The van der Waals surface area contributed by atoms with E-state index in [-0.39, 0.29) is 17.8 Å². The lowest BCUT2D eigenvalue weighted by atomic mass is 10.0. The number of aliphatic hydroxyl groups is 1. The van der Waals surface area contributed by atoms with E-state index in [1.54, 1.807) is 6.07 Å². The zero-order valence-electron chi connectivity index (χ0n) is 11.0. The second-order valence-corrected chi connectivity index (χ2v) is 5.64. The Morgan fingerprint density at radius 2 is 2.15 bits per heavy atom. The Hall–Kier alpha value is -0.910. The molecule has 1 saturated carbocycles. The highest BCUT2D eigenvalue weighted by Crippen LogP contribution is 2.47. The Labute approximate surface area is 121 Å². The van der Waals surface area contributed by atoms with Crippen molar-refractivity contribution in [1.29, 1.82) is 0 Å². The number of rotatable bonds is 8. The van der Waals surface area contributed by atoms with Crippen molar-refractivity contribution in [2.75, 3.05) is 13.2 Å². The smallest absolute Gasteiger partial charge is 0.387 e. The van der Waals surface area contributed by atoms with Crippen molar-refractivity contribution in [3.05, 3.63) is 28.8 Å². The molecule has 112 valence electrons. The predicted molar refractivity (Wildman–Crippen MR) is 73.2 cm³/mol. The van der Waals surface area contributed by atoms with Gasteiger partial charge in [-0.15, -0.1) is 0 Å². The normalized spacial score (nSPS) is 16.4. The Balaban J connectivity index is 1.92. The van der Waals surface area contributed by atoms with Crippen LogP contribution in [-0.2, 0) is 6.54 Å². The summed E-state index contributed by atoms with van der Waals surface area (Å²) in [6.45, 7) is -1.50. The summed E-state index contributed by atoms with van der Waals surface area (Å²) in [6.07, 6.45) is 2.96. The minimum atomic E-state index is -2.85. The van der Waals surface area contributed by atoms with E-state index in [4.69, 9.17) is 16.7 Å². The van der Waals surface area contributed by atoms with Crippen LogP contribution in [0.1, 0.15) is 24.8 Å². The van der Waals surface area contributed by atoms with E-state index in [0.717, 1.165) is 25.8 Å². The van der Waals surface area contributed by atoms with Crippen LogP contribution in [-0.4, -0.2) is 24.9 Å². The third-order valence-corrected chi connectivity index (χ3v) is 3.89. The molecule has 0 amide bonds. The van der Waals surface area contributed by atoms with E-state index in [2.05, 4.69) is 10.1 Å². The molecule has 0 unspecified atom stereocenters. The molecule has 0 spiro atoms. The first-order valence-electron chi connectivity index (χ1n) is 6.59. The monoisotopic (exact) mass is 305 g/mol. The molecule has 2 rings (SSSR count). The number of hydrogen-bond acceptors (Lipinski definition) is 3. The average molecular weight is 306 g/mol. The molecule has 0 aliphatic heterocycles. The first-order chi connectivity index (χ1) is 9.54. The summed E-state index contributed by atoms with van der Waals surface area (Å²) in [6, 6.07) is 4.60. The molecular formula is C14H18ClF2NO2. The SMILES string of the molecule is OCCC1(CNCc2cc(Cl)ccc2OC(F)F)CC1. The molecule has 1 aromatic rings. The van der Waals surface area contributed by atoms with E-state index >= 15 is 0 Å². The summed E-state index contributed by atoms with van der Waals surface area (Å²) < 4.78 is 29.1. The maximum Gasteiger partial charge on any atom is 0.387 e. The number of halogens is 3. The maximum atomic E-state index is 12.3. The molecule has 0 bridgehead atoms. The molecule has 1 aromatic carbocycles. The van der Waals surface area contributed by atoms with Gasteiger partial charge in [0.2, 0.25) is 0 Å². The van der Waals surface area contributed by atoms with Gasteiger partial charge in [-0.05, 0) is 42.9 Å². The predicted octanol–water partition coefficient (Wildman–Crippen LogP) is 3.19. The molecule has 0 saturated heterocycles. The van der Waals surface area contributed by atoms with Gasteiger partial charge < -0.3 is 15.2 Å². The van der Waals surface area contributed by atoms with Gasteiger partial charge in [-0.2, -0.15) is 8.78 Å². The minimum absolute atomic E-state index is 0.143. The third kappa shape index (κ3) is 4.30. The standard InChI is InChI=1S/C14H18ClF2NO2/c15-11-1-2-12(20-13(16)17)10(7-11)8-18-9-14(3-4-14)5-6-19/h1-2,7,13,18-19H,3-6,8-9H2. The van der Waals surface area contributed by atoms with Crippen LogP contribution in [0.4, 0.5) is 8.78 Å². The van der Waals surface area contributed by atoms with Crippen LogP contribution in [0.25, 0.3) is 0 Å². The highest BCUT2D eigenvalue weighted by Gasteiger charge is 2.41. The van der Waals surface area contributed by atoms with Crippen molar-refractivity contribution in [2.24, 2.45) is 5.41 Å². The Kier molecular flexibility index (Phi) is 5.18. The van der Waals surface area contributed by atoms with Crippen LogP contribution >= 0.6 is 11.6 Å². The van der Waals surface area contributed by atoms with Crippen LogP contribution < -0.4 is 10.1 Å². The van der Waals surface area contributed by atoms with E-state index in [1.165, 1.54) is 12.1 Å². The van der Waals surface area contributed by atoms with E-state index in [0.29, 0.717) is 17.1 Å². The lowest BCUT2D eigenvalue weighted by Crippen LogP contribution is -2.24. The second-order valence-electron chi connectivity index (χ2n) is 5.21. The zero-order valence-corrected chi connectivity index (χ0v) is 11.8. The third-order valence-electron chi connectivity index (χ3n) is 3.65. The summed E-state index contributed by atoms with van der Waals surface area (Å²) in [7, 11) is 0. The fourth-order valence-corrected chi connectivity index (χ4v) is 2.48. The van der Waals surface area contributed by atoms with Crippen LogP contribution in [0.3, 0.4) is 0 Å². The fourth-order valence-electron chi connectivity index (χ4n) is 2.29. The van der Waals surface area contributed by atoms with E-state index < -0.39 is 6.61 Å². The zero-order chi connectivity index (χ0) is 14.6. The molecule has 1 aliphatic rings. The Morgan fingerprint density at radius 1 is 1.40 bits per heavy atom. The molecule has 2 N–H and O–H groups in total. The van der Waals surface area contributed by atoms with E-state index in [1.807, 2.05) is 0 Å². The highest BCUT2D eigenvalue weighted by atomic mass is 35.5. The molecule has 0 atom stereocenters. The number of aliphatic hydroxyl groups excluding tert-OH is 1. The quantitative estimate of drug-likeness (QED) is 0.775. The van der Waals surface area contributed by atoms with Gasteiger partial charge in [0.25, 0.3) is 0 Å². The van der Waals surface area contributed by atoms with Crippen LogP contribution in [0.15, 0.2) is 18.2 Å². The summed E-state index contributed by atoms with van der Waals surface area (Å²) in [5.74, 6) is 0.143. The first-order valence-corrected chi connectivity index (χ1v) is 6.97. The number of hydrogen-bond donors (Lipinski definition) is 2. The molecule has 3 nitrogen and oxygen atoms in total. The van der Waals surface area contributed by atoms with Crippen LogP contribution in [0.5, 0.6) is 5.75 Å². The van der Waals surface area contributed by atoms with Crippen molar-refractivity contribution in [3.63, 3.8) is 0 Å². The molecule has 20 heavy (non-hydrogen) atoms. The Bertz CT molecular complexity index is 453.